The molecule has 0 aliphatic rings. The van der Waals surface area contributed by atoms with Gasteiger partial charge in [0.05, 0.1) is 16.5 Å². The van der Waals surface area contributed by atoms with Gasteiger partial charge in [0.1, 0.15) is 0 Å². The first-order valence-electron chi connectivity index (χ1n) is 7.49. The second-order valence-electron chi connectivity index (χ2n) is 5.23. The molecule has 1 amide bonds. The number of carbonyl (C=O) groups excluding carboxylic acids is 1. The van der Waals surface area contributed by atoms with Crippen LogP contribution in [-0.4, -0.2) is 12.2 Å². The minimum absolute atomic E-state index is 0.144. The molecular weight excluding hydrogens is 350 g/mol. The maximum atomic E-state index is 12.5. The quantitative estimate of drug-likeness (QED) is 0.608. The molecule has 0 saturated heterocycles. The highest BCUT2D eigenvalue weighted by Crippen LogP contribution is 2.27. The van der Waals surface area contributed by atoms with Crippen LogP contribution >= 0.6 is 23.3 Å². The van der Waals surface area contributed by atoms with E-state index in [0.29, 0.717) is 10.4 Å². The lowest BCUT2D eigenvalue weighted by Gasteiger charge is -2.06. The molecule has 0 aliphatic heterocycles. The fourth-order valence-electron chi connectivity index (χ4n) is 2.35. The number of hydrogen-bond donors (Lipinski definition) is 2. The van der Waals surface area contributed by atoms with Crippen molar-refractivity contribution in [3.8, 4) is 17.2 Å². The molecule has 124 valence electrons. The summed E-state index contributed by atoms with van der Waals surface area (Å²) in [5.74, 6) is -0.144. The van der Waals surface area contributed by atoms with Crippen LogP contribution in [0.25, 0.3) is 11.1 Å². The van der Waals surface area contributed by atoms with Gasteiger partial charge in [0.25, 0.3) is 5.91 Å². The summed E-state index contributed by atoms with van der Waals surface area (Å²) in [6.45, 7) is 0. The second kappa shape index (κ2) is 7.88. The Morgan fingerprint density at radius 2 is 1.88 bits per heavy atom. The first kappa shape index (κ1) is 17.1. The van der Waals surface area contributed by atoms with E-state index in [1.54, 1.807) is 6.07 Å². The van der Waals surface area contributed by atoms with Crippen molar-refractivity contribution >= 4 is 40.6 Å². The van der Waals surface area contributed by atoms with Crippen molar-refractivity contribution in [1.29, 1.82) is 5.26 Å². The third-order valence-electron chi connectivity index (χ3n) is 3.49. The molecule has 6 heteroatoms. The Balaban J connectivity index is 1.76. The van der Waals surface area contributed by atoms with Crippen molar-refractivity contribution in [1.82, 2.24) is 0 Å². The molecule has 0 atom stereocenters. The van der Waals surface area contributed by atoms with Gasteiger partial charge in [-0.05, 0) is 52.9 Å². The number of nitrogens with zero attached hydrogens (tertiary/aromatic N) is 1. The lowest BCUT2D eigenvalue weighted by atomic mass is 10.1. The molecule has 0 aliphatic carbocycles. The molecule has 0 radical (unpaired) electrons. The number of thiophene rings is 1. The standard InChI is InChI=1S/C19H15N3OS2/c1-24-22-17-7-3-6-16(10-17)21-19(23)18-9-15(12-25-18)14-5-2-4-13(8-14)11-20/h2-10,12,22H,1H3,(H,21,23). The van der Waals surface area contributed by atoms with Crippen molar-refractivity contribution < 1.29 is 4.79 Å². The fraction of sp³-hybridized carbons (Fsp3) is 0.0526. The van der Waals surface area contributed by atoms with E-state index < -0.39 is 0 Å². The average molecular weight is 365 g/mol. The molecule has 0 unspecified atom stereocenters. The van der Waals surface area contributed by atoms with E-state index in [1.165, 1.54) is 23.3 Å². The summed E-state index contributed by atoms with van der Waals surface area (Å²) in [4.78, 5) is 13.1. The molecule has 1 heterocycles. The molecule has 2 aromatic carbocycles. The van der Waals surface area contributed by atoms with E-state index in [4.69, 9.17) is 5.26 Å². The zero-order chi connectivity index (χ0) is 17.6. The molecule has 0 fully saturated rings. The Kier molecular flexibility index (Phi) is 5.39. The van der Waals surface area contributed by atoms with Crippen molar-refractivity contribution in [3.63, 3.8) is 0 Å². The van der Waals surface area contributed by atoms with Gasteiger partial charge in [-0.1, -0.05) is 30.1 Å². The van der Waals surface area contributed by atoms with Crippen LogP contribution in [0.2, 0.25) is 0 Å². The molecule has 25 heavy (non-hydrogen) atoms. The topological polar surface area (TPSA) is 64.9 Å². The third kappa shape index (κ3) is 4.21. The summed E-state index contributed by atoms with van der Waals surface area (Å²) in [5, 5.41) is 13.9. The normalized spacial score (nSPS) is 10.1. The summed E-state index contributed by atoms with van der Waals surface area (Å²) in [6.07, 6.45) is 1.94. The number of amides is 1. The van der Waals surface area contributed by atoms with Gasteiger partial charge in [-0.2, -0.15) is 5.26 Å². The number of nitriles is 1. The van der Waals surface area contributed by atoms with Gasteiger partial charge in [-0.3, -0.25) is 4.79 Å². The molecule has 3 rings (SSSR count). The Hall–Kier alpha value is -2.75. The summed E-state index contributed by atoms with van der Waals surface area (Å²) in [6, 6.07) is 18.9. The number of rotatable bonds is 5. The summed E-state index contributed by atoms with van der Waals surface area (Å²) in [7, 11) is 0. The lowest BCUT2D eigenvalue weighted by Crippen LogP contribution is -2.10. The van der Waals surface area contributed by atoms with Crippen LogP contribution < -0.4 is 10.0 Å². The predicted octanol–water partition coefficient (Wildman–Crippen LogP) is 5.23. The third-order valence-corrected chi connectivity index (χ3v) is 4.86. The molecule has 0 spiro atoms. The number of hydrogen-bond acceptors (Lipinski definition) is 5. The van der Waals surface area contributed by atoms with Gasteiger partial charge in [0.15, 0.2) is 0 Å². The molecule has 0 bridgehead atoms. The van der Waals surface area contributed by atoms with Crippen LogP contribution in [0, 0.1) is 11.3 Å². The molecule has 0 saturated carbocycles. The van der Waals surface area contributed by atoms with Crippen molar-refractivity contribution in [3.05, 3.63) is 70.4 Å². The SMILES string of the molecule is CSNc1cccc(NC(=O)c2cc(-c3cccc(C#N)c3)cs2)c1. The van der Waals surface area contributed by atoms with Gasteiger partial charge in [0.2, 0.25) is 0 Å². The number of benzene rings is 2. The maximum absolute atomic E-state index is 12.5. The molecule has 4 nitrogen and oxygen atoms in total. The van der Waals surface area contributed by atoms with Crippen molar-refractivity contribution in [2.24, 2.45) is 0 Å². The Morgan fingerprint density at radius 3 is 2.68 bits per heavy atom. The smallest absolute Gasteiger partial charge is 0.265 e. The molecule has 2 N–H and O–H groups in total. The van der Waals surface area contributed by atoms with Crippen LogP contribution in [-0.2, 0) is 0 Å². The second-order valence-corrected chi connectivity index (χ2v) is 6.76. The van der Waals surface area contributed by atoms with Gasteiger partial charge >= 0.3 is 0 Å². The van der Waals surface area contributed by atoms with Gasteiger partial charge < -0.3 is 10.0 Å². The van der Waals surface area contributed by atoms with Crippen LogP contribution in [0.15, 0.2) is 60.0 Å². The van der Waals surface area contributed by atoms with E-state index in [0.717, 1.165) is 22.5 Å². The van der Waals surface area contributed by atoms with Crippen molar-refractivity contribution in [2.45, 2.75) is 0 Å². The minimum Gasteiger partial charge on any atom is -0.330 e. The summed E-state index contributed by atoms with van der Waals surface area (Å²) < 4.78 is 3.14. The highest BCUT2D eigenvalue weighted by molar-refractivity contribution is 7.99. The first-order chi connectivity index (χ1) is 12.2. The van der Waals surface area contributed by atoms with Crippen LogP contribution in [0.3, 0.4) is 0 Å². The number of anilines is 2. The highest BCUT2D eigenvalue weighted by Gasteiger charge is 2.11. The summed E-state index contributed by atoms with van der Waals surface area (Å²) in [5.41, 5.74) is 4.15. The van der Waals surface area contributed by atoms with E-state index in [2.05, 4.69) is 16.1 Å². The van der Waals surface area contributed by atoms with Crippen LogP contribution in [0.5, 0.6) is 0 Å². The van der Waals surface area contributed by atoms with Gasteiger partial charge in [-0.25, -0.2) is 0 Å². The lowest BCUT2D eigenvalue weighted by molar-refractivity contribution is 0.103. The average Bonchev–Trinajstić information content (AvgIpc) is 3.13. The number of nitrogens with one attached hydrogen (secondary N) is 2. The maximum Gasteiger partial charge on any atom is 0.265 e. The first-order valence-corrected chi connectivity index (χ1v) is 9.59. The van der Waals surface area contributed by atoms with Crippen molar-refractivity contribution in [2.75, 3.05) is 16.3 Å². The zero-order valence-electron chi connectivity index (χ0n) is 13.4. The van der Waals surface area contributed by atoms with E-state index in [9.17, 15) is 4.79 Å². The van der Waals surface area contributed by atoms with E-state index in [1.807, 2.05) is 60.2 Å². The minimum atomic E-state index is -0.144. The van der Waals surface area contributed by atoms with Crippen LogP contribution in [0.4, 0.5) is 11.4 Å². The summed E-state index contributed by atoms with van der Waals surface area (Å²) >= 11 is 2.88. The van der Waals surface area contributed by atoms with Gasteiger partial charge in [-0.15, -0.1) is 11.3 Å². The molecule has 3 aromatic rings. The monoisotopic (exact) mass is 365 g/mol. The fourth-order valence-corrected chi connectivity index (χ4v) is 3.52. The zero-order valence-corrected chi connectivity index (χ0v) is 15.1. The predicted molar refractivity (Wildman–Crippen MR) is 106 cm³/mol. The number of carbonyl (C=O) groups is 1. The van der Waals surface area contributed by atoms with Gasteiger partial charge in [0, 0.05) is 17.6 Å². The molecule has 1 aromatic heterocycles. The largest absolute Gasteiger partial charge is 0.330 e. The Morgan fingerprint density at radius 1 is 1.08 bits per heavy atom. The van der Waals surface area contributed by atoms with E-state index in [-0.39, 0.29) is 5.91 Å². The Bertz CT molecular complexity index is 944. The van der Waals surface area contributed by atoms with Crippen LogP contribution in [0.1, 0.15) is 15.2 Å². The Labute approximate surface area is 154 Å². The molecular formula is C19H15N3OS2. The van der Waals surface area contributed by atoms with E-state index >= 15 is 0 Å². The highest BCUT2D eigenvalue weighted by atomic mass is 32.2.